The molecule has 1 saturated heterocycles. The summed E-state index contributed by atoms with van der Waals surface area (Å²) in [4.78, 5) is 10.0. The zero-order valence-corrected chi connectivity index (χ0v) is 7.84. The van der Waals surface area contributed by atoms with Gasteiger partial charge in [0, 0.05) is 12.5 Å². The van der Waals surface area contributed by atoms with E-state index in [1.54, 1.807) is 12.1 Å². The van der Waals surface area contributed by atoms with Gasteiger partial charge in [0.25, 0.3) is 5.69 Å². The third kappa shape index (κ3) is 2.11. The number of hydrogen-bond donors (Lipinski definition) is 0. The third-order valence-electron chi connectivity index (χ3n) is 2.24. The highest BCUT2D eigenvalue weighted by atomic mass is 16.6. The van der Waals surface area contributed by atoms with Gasteiger partial charge in [-0.25, -0.2) is 0 Å². The molecule has 0 amide bonds. The Morgan fingerprint density at radius 3 is 2.93 bits per heavy atom. The molecule has 1 fully saturated rings. The number of nitro benzene ring substituents is 1. The first-order chi connectivity index (χ1) is 7.20. The van der Waals surface area contributed by atoms with Gasteiger partial charge < -0.3 is 4.74 Å². The van der Waals surface area contributed by atoms with Crippen LogP contribution in [-0.2, 0) is 11.2 Å². The minimum atomic E-state index is -0.546. The molecule has 0 aromatic heterocycles. The van der Waals surface area contributed by atoms with Crippen molar-refractivity contribution in [1.29, 1.82) is 5.26 Å². The predicted octanol–water partition coefficient (Wildman–Crippen LogP) is 1.41. The first-order valence-corrected chi connectivity index (χ1v) is 4.49. The lowest BCUT2D eigenvalue weighted by Gasteiger charge is -1.99. The number of benzene rings is 1. The van der Waals surface area contributed by atoms with Gasteiger partial charge in [-0.1, -0.05) is 6.07 Å². The lowest BCUT2D eigenvalue weighted by molar-refractivity contribution is -0.385. The van der Waals surface area contributed by atoms with E-state index in [0.29, 0.717) is 6.42 Å². The van der Waals surface area contributed by atoms with Gasteiger partial charge in [0.15, 0.2) is 0 Å². The number of ether oxygens (including phenoxy) is 1. The maximum absolute atomic E-state index is 10.6. The molecule has 1 heterocycles. The Balaban J connectivity index is 2.29. The quantitative estimate of drug-likeness (QED) is 0.423. The molecule has 5 heteroatoms. The van der Waals surface area contributed by atoms with E-state index in [4.69, 9.17) is 10.00 Å². The minimum Gasteiger partial charge on any atom is -0.373 e. The second-order valence-electron chi connectivity index (χ2n) is 3.38. The first kappa shape index (κ1) is 9.62. The van der Waals surface area contributed by atoms with Crippen LogP contribution in [-0.4, -0.2) is 17.6 Å². The number of epoxide rings is 1. The van der Waals surface area contributed by atoms with Crippen molar-refractivity contribution >= 4 is 5.69 Å². The highest BCUT2D eigenvalue weighted by Crippen LogP contribution is 2.22. The van der Waals surface area contributed by atoms with Crippen LogP contribution in [0.5, 0.6) is 0 Å². The summed E-state index contributed by atoms with van der Waals surface area (Å²) in [7, 11) is 0. The molecule has 1 atom stereocenters. The van der Waals surface area contributed by atoms with Gasteiger partial charge in [0.05, 0.1) is 17.6 Å². The van der Waals surface area contributed by atoms with Crippen molar-refractivity contribution in [3.63, 3.8) is 0 Å². The molecule has 76 valence electrons. The molecule has 1 aromatic rings. The van der Waals surface area contributed by atoms with E-state index >= 15 is 0 Å². The van der Waals surface area contributed by atoms with E-state index in [9.17, 15) is 10.1 Å². The van der Waals surface area contributed by atoms with E-state index in [1.165, 1.54) is 6.07 Å². The molecule has 0 radical (unpaired) electrons. The second kappa shape index (κ2) is 3.67. The smallest absolute Gasteiger partial charge is 0.287 e. The third-order valence-corrected chi connectivity index (χ3v) is 2.24. The maximum atomic E-state index is 10.6. The first-order valence-electron chi connectivity index (χ1n) is 4.49. The van der Waals surface area contributed by atoms with Gasteiger partial charge in [-0.15, -0.1) is 0 Å². The van der Waals surface area contributed by atoms with Crippen molar-refractivity contribution in [1.82, 2.24) is 0 Å². The van der Waals surface area contributed by atoms with Crippen molar-refractivity contribution in [2.24, 2.45) is 0 Å². The van der Waals surface area contributed by atoms with Crippen LogP contribution >= 0.6 is 0 Å². The van der Waals surface area contributed by atoms with Crippen molar-refractivity contribution in [3.05, 3.63) is 39.4 Å². The standard InChI is InChI=1S/C10H8N2O3/c11-5-8-3-7(4-9-6-15-9)1-2-10(8)12(13)14/h1-3,9H,4,6H2/t9-/m0/s1. The predicted molar refractivity (Wildman–Crippen MR) is 51.3 cm³/mol. The van der Waals surface area contributed by atoms with Crippen LogP contribution in [0, 0.1) is 21.4 Å². The minimum absolute atomic E-state index is 0.109. The number of nitriles is 1. The molecular formula is C10H8N2O3. The van der Waals surface area contributed by atoms with Gasteiger partial charge >= 0.3 is 0 Å². The molecule has 15 heavy (non-hydrogen) atoms. The Morgan fingerprint density at radius 2 is 2.40 bits per heavy atom. The zero-order chi connectivity index (χ0) is 10.8. The largest absolute Gasteiger partial charge is 0.373 e. The fourth-order valence-electron chi connectivity index (χ4n) is 1.41. The normalized spacial score (nSPS) is 18.2. The van der Waals surface area contributed by atoms with E-state index in [-0.39, 0.29) is 17.4 Å². The van der Waals surface area contributed by atoms with Gasteiger partial charge in [-0.05, 0) is 11.6 Å². The summed E-state index contributed by atoms with van der Waals surface area (Å²) in [5, 5.41) is 19.3. The molecule has 1 aliphatic heterocycles. The second-order valence-corrected chi connectivity index (χ2v) is 3.38. The Hall–Kier alpha value is -1.93. The molecule has 1 aromatic carbocycles. The fourth-order valence-corrected chi connectivity index (χ4v) is 1.41. The van der Waals surface area contributed by atoms with Gasteiger partial charge in [-0.2, -0.15) is 5.26 Å². The molecule has 1 aliphatic rings. The number of nitro groups is 1. The van der Waals surface area contributed by atoms with Crippen molar-refractivity contribution < 1.29 is 9.66 Å². The molecule has 0 aliphatic carbocycles. The molecule has 0 spiro atoms. The molecular weight excluding hydrogens is 196 g/mol. The molecule has 0 unspecified atom stereocenters. The molecule has 0 bridgehead atoms. The lowest BCUT2D eigenvalue weighted by atomic mass is 10.1. The fraction of sp³-hybridized carbons (Fsp3) is 0.300. The van der Waals surface area contributed by atoms with Gasteiger partial charge in [0.1, 0.15) is 11.6 Å². The summed E-state index contributed by atoms with van der Waals surface area (Å²) < 4.78 is 5.05. The Labute approximate surface area is 86.0 Å². The maximum Gasteiger partial charge on any atom is 0.287 e. The van der Waals surface area contributed by atoms with Crippen LogP contribution in [0.1, 0.15) is 11.1 Å². The average molecular weight is 204 g/mol. The number of hydrogen-bond acceptors (Lipinski definition) is 4. The monoisotopic (exact) mass is 204 g/mol. The SMILES string of the molecule is N#Cc1cc(C[C@H]2CO2)ccc1[N+](=O)[O-]. The lowest BCUT2D eigenvalue weighted by Crippen LogP contribution is -1.97. The molecule has 2 rings (SSSR count). The Bertz CT molecular complexity index is 446. The summed E-state index contributed by atoms with van der Waals surface area (Å²) in [5.74, 6) is 0. The van der Waals surface area contributed by atoms with Gasteiger partial charge in [-0.3, -0.25) is 10.1 Å². The van der Waals surface area contributed by atoms with Gasteiger partial charge in [0.2, 0.25) is 0 Å². The molecule has 5 nitrogen and oxygen atoms in total. The summed E-state index contributed by atoms with van der Waals surface area (Å²) in [6, 6.07) is 6.42. The summed E-state index contributed by atoms with van der Waals surface area (Å²) in [6.07, 6.45) is 0.935. The van der Waals surface area contributed by atoms with E-state index < -0.39 is 4.92 Å². The number of rotatable bonds is 3. The van der Waals surface area contributed by atoms with Crippen molar-refractivity contribution in [2.45, 2.75) is 12.5 Å². The highest BCUT2D eigenvalue weighted by Gasteiger charge is 2.23. The van der Waals surface area contributed by atoms with Crippen LogP contribution in [0.15, 0.2) is 18.2 Å². The zero-order valence-electron chi connectivity index (χ0n) is 7.84. The van der Waals surface area contributed by atoms with Crippen molar-refractivity contribution in [3.8, 4) is 6.07 Å². The topological polar surface area (TPSA) is 79.5 Å². The summed E-state index contributed by atoms with van der Waals surface area (Å²) >= 11 is 0. The van der Waals surface area contributed by atoms with Crippen molar-refractivity contribution in [2.75, 3.05) is 6.61 Å². The Kier molecular flexibility index (Phi) is 2.35. The summed E-state index contributed by atoms with van der Waals surface area (Å²) in [5.41, 5.74) is 0.871. The van der Waals surface area contributed by atoms with E-state index in [2.05, 4.69) is 0 Å². The molecule has 0 N–H and O–H groups in total. The molecule has 0 saturated carbocycles. The van der Waals surface area contributed by atoms with E-state index in [0.717, 1.165) is 12.2 Å². The Morgan fingerprint density at radius 1 is 1.67 bits per heavy atom. The van der Waals surface area contributed by atoms with Crippen LogP contribution in [0.25, 0.3) is 0 Å². The van der Waals surface area contributed by atoms with Crippen LogP contribution < -0.4 is 0 Å². The highest BCUT2D eigenvalue weighted by molar-refractivity contribution is 5.50. The van der Waals surface area contributed by atoms with Crippen LogP contribution in [0.2, 0.25) is 0 Å². The van der Waals surface area contributed by atoms with E-state index in [1.807, 2.05) is 6.07 Å². The number of nitrogens with zero attached hydrogens (tertiary/aromatic N) is 2. The van der Waals surface area contributed by atoms with Crippen LogP contribution in [0.4, 0.5) is 5.69 Å². The van der Waals surface area contributed by atoms with Crippen LogP contribution in [0.3, 0.4) is 0 Å². The summed E-state index contributed by atoms with van der Waals surface area (Å²) in [6.45, 7) is 0.735. The average Bonchev–Trinajstić information content (AvgIpc) is 3.01.